The summed E-state index contributed by atoms with van der Waals surface area (Å²) in [4.78, 5) is 22.6. The van der Waals surface area contributed by atoms with Crippen molar-refractivity contribution in [3.63, 3.8) is 0 Å². The summed E-state index contributed by atoms with van der Waals surface area (Å²) in [6, 6.07) is 14.0. The number of benzene rings is 2. The first kappa shape index (κ1) is 18.5. The normalized spacial score (nSPS) is 11.6. The molecule has 0 spiro atoms. The second-order valence-electron chi connectivity index (χ2n) is 5.81. The fraction of sp³-hybridized carbons (Fsp3) is 0.263. The zero-order chi connectivity index (χ0) is 18.2. The maximum Gasteiger partial charge on any atom is 0.320 e. The van der Waals surface area contributed by atoms with E-state index in [0.29, 0.717) is 12.2 Å². The van der Waals surface area contributed by atoms with Gasteiger partial charge in [-0.3, -0.25) is 4.79 Å². The van der Waals surface area contributed by atoms with Gasteiger partial charge < -0.3 is 21.5 Å². The first-order valence-electron chi connectivity index (χ1n) is 8.22. The number of carbonyl (C=O) groups excluding carboxylic acids is 1. The first-order chi connectivity index (χ1) is 12.0. The molecule has 1 atom stereocenters. The van der Waals surface area contributed by atoms with Crippen LogP contribution in [0.25, 0.3) is 11.1 Å². The molecule has 0 aromatic heterocycles. The van der Waals surface area contributed by atoms with E-state index >= 15 is 0 Å². The third-order valence-electron chi connectivity index (χ3n) is 3.72. The molecule has 0 bridgehead atoms. The highest BCUT2D eigenvalue weighted by Crippen LogP contribution is 2.23. The fourth-order valence-electron chi connectivity index (χ4n) is 2.36. The number of carboxylic acid groups (broad SMARTS) is 1. The molecule has 0 fully saturated rings. The Labute approximate surface area is 147 Å². The minimum absolute atomic E-state index is 0.225. The van der Waals surface area contributed by atoms with Crippen molar-refractivity contribution in [2.45, 2.75) is 25.8 Å². The fourth-order valence-corrected chi connectivity index (χ4v) is 2.36. The SMILES string of the molecule is CCCNC(=O)Nc1cccc(-c2ccc(CC(N)C(=O)O)cc2)c1. The van der Waals surface area contributed by atoms with Gasteiger partial charge in [0.1, 0.15) is 6.04 Å². The third kappa shape index (κ3) is 5.61. The van der Waals surface area contributed by atoms with Gasteiger partial charge in [0.25, 0.3) is 0 Å². The van der Waals surface area contributed by atoms with E-state index in [1.165, 1.54) is 0 Å². The van der Waals surface area contributed by atoms with Crippen LogP contribution >= 0.6 is 0 Å². The number of hydrogen-bond donors (Lipinski definition) is 4. The Kier molecular flexibility index (Phi) is 6.54. The molecule has 2 amide bonds. The third-order valence-corrected chi connectivity index (χ3v) is 3.72. The summed E-state index contributed by atoms with van der Waals surface area (Å²) >= 11 is 0. The lowest BCUT2D eigenvalue weighted by Crippen LogP contribution is -2.32. The summed E-state index contributed by atoms with van der Waals surface area (Å²) in [6.07, 6.45) is 1.17. The molecular formula is C19H23N3O3. The predicted molar refractivity (Wildman–Crippen MR) is 98.5 cm³/mol. The molecule has 0 saturated heterocycles. The molecule has 6 nitrogen and oxygen atoms in total. The van der Waals surface area contributed by atoms with Crippen LogP contribution < -0.4 is 16.4 Å². The summed E-state index contributed by atoms with van der Waals surface area (Å²) < 4.78 is 0. The lowest BCUT2D eigenvalue weighted by molar-refractivity contribution is -0.138. The molecule has 0 radical (unpaired) electrons. The largest absolute Gasteiger partial charge is 0.480 e. The Hall–Kier alpha value is -2.86. The van der Waals surface area contributed by atoms with Crippen molar-refractivity contribution in [2.24, 2.45) is 5.73 Å². The molecule has 25 heavy (non-hydrogen) atoms. The van der Waals surface area contributed by atoms with E-state index in [4.69, 9.17) is 10.8 Å². The lowest BCUT2D eigenvalue weighted by atomic mass is 10.0. The van der Waals surface area contributed by atoms with Crippen molar-refractivity contribution in [3.05, 3.63) is 54.1 Å². The minimum Gasteiger partial charge on any atom is -0.480 e. The van der Waals surface area contributed by atoms with Crippen LogP contribution in [0.3, 0.4) is 0 Å². The van der Waals surface area contributed by atoms with Crippen LogP contribution in [0.1, 0.15) is 18.9 Å². The molecule has 5 N–H and O–H groups in total. The molecule has 0 aliphatic heterocycles. The van der Waals surface area contributed by atoms with E-state index in [2.05, 4.69) is 10.6 Å². The molecule has 2 aromatic rings. The van der Waals surface area contributed by atoms with Gasteiger partial charge in [0.2, 0.25) is 0 Å². The van der Waals surface area contributed by atoms with Gasteiger partial charge >= 0.3 is 12.0 Å². The molecule has 132 valence electrons. The van der Waals surface area contributed by atoms with E-state index < -0.39 is 12.0 Å². The highest BCUT2D eigenvalue weighted by atomic mass is 16.4. The Bertz CT molecular complexity index is 729. The first-order valence-corrected chi connectivity index (χ1v) is 8.22. The lowest BCUT2D eigenvalue weighted by Gasteiger charge is -2.10. The van der Waals surface area contributed by atoms with Crippen molar-refractivity contribution in [3.8, 4) is 11.1 Å². The van der Waals surface area contributed by atoms with E-state index in [-0.39, 0.29) is 12.5 Å². The average molecular weight is 341 g/mol. The molecule has 0 aliphatic rings. The number of urea groups is 1. The van der Waals surface area contributed by atoms with Crippen molar-refractivity contribution in [2.75, 3.05) is 11.9 Å². The number of carboxylic acids is 1. The Morgan fingerprint density at radius 1 is 1.12 bits per heavy atom. The van der Waals surface area contributed by atoms with E-state index in [9.17, 15) is 9.59 Å². The molecule has 2 aromatic carbocycles. The van der Waals surface area contributed by atoms with Gasteiger partial charge in [-0.15, -0.1) is 0 Å². The second-order valence-corrected chi connectivity index (χ2v) is 5.81. The second kappa shape index (κ2) is 8.84. The zero-order valence-corrected chi connectivity index (χ0v) is 14.2. The summed E-state index contributed by atoms with van der Waals surface area (Å²) in [5.41, 5.74) is 9.07. The number of nitrogens with one attached hydrogen (secondary N) is 2. The Morgan fingerprint density at radius 3 is 2.48 bits per heavy atom. The number of hydrogen-bond acceptors (Lipinski definition) is 3. The van der Waals surface area contributed by atoms with E-state index in [1.807, 2.05) is 55.5 Å². The van der Waals surface area contributed by atoms with Crippen LogP contribution in [-0.2, 0) is 11.2 Å². The van der Waals surface area contributed by atoms with Crippen LogP contribution in [0.15, 0.2) is 48.5 Å². The quantitative estimate of drug-likeness (QED) is 0.621. The molecule has 6 heteroatoms. The van der Waals surface area contributed by atoms with Crippen LogP contribution in [0.4, 0.5) is 10.5 Å². The van der Waals surface area contributed by atoms with Crippen LogP contribution in [0.2, 0.25) is 0 Å². The van der Waals surface area contributed by atoms with E-state index in [1.54, 1.807) is 0 Å². The summed E-state index contributed by atoms with van der Waals surface area (Å²) in [7, 11) is 0. The standard InChI is InChI=1S/C19H23N3O3/c1-2-10-21-19(25)22-16-5-3-4-15(12-16)14-8-6-13(7-9-14)11-17(20)18(23)24/h3-9,12,17H,2,10-11,20H2,1H3,(H,23,24)(H2,21,22,25). The van der Waals surface area contributed by atoms with Crippen molar-refractivity contribution < 1.29 is 14.7 Å². The highest BCUT2D eigenvalue weighted by Gasteiger charge is 2.12. The zero-order valence-electron chi connectivity index (χ0n) is 14.2. The number of nitrogens with two attached hydrogens (primary N) is 1. The van der Waals surface area contributed by atoms with Crippen LogP contribution in [0.5, 0.6) is 0 Å². The average Bonchev–Trinajstić information content (AvgIpc) is 2.60. The molecule has 0 saturated carbocycles. The predicted octanol–water partition coefficient (Wildman–Crippen LogP) is 2.84. The number of carbonyl (C=O) groups is 2. The van der Waals surface area contributed by atoms with Gasteiger partial charge in [-0.25, -0.2) is 4.79 Å². The molecule has 0 heterocycles. The Balaban J connectivity index is 2.07. The molecule has 0 aliphatic carbocycles. The summed E-state index contributed by atoms with van der Waals surface area (Å²) in [5, 5.41) is 14.4. The molecule has 1 unspecified atom stereocenters. The monoisotopic (exact) mass is 341 g/mol. The number of rotatable bonds is 7. The van der Waals surface area contributed by atoms with Crippen LogP contribution in [0, 0.1) is 0 Å². The summed E-state index contributed by atoms with van der Waals surface area (Å²) in [5.74, 6) is -1.01. The van der Waals surface area contributed by atoms with Crippen LogP contribution in [-0.4, -0.2) is 29.7 Å². The Morgan fingerprint density at radius 2 is 1.84 bits per heavy atom. The minimum atomic E-state index is -1.01. The highest BCUT2D eigenvalue weighted by molar-refractivity contribution is 5.90. The smallest absolute Gasteiger partial charge is 0.320 e. The van der Waals surface area contributed by atoms with Gasteiger partial charge in [-0.05, 0) is 41.7 Å². The van der Waals surface area contributed by atoms with Crippen molar-refractivity contribution in [1.29, 1.82) is 0 Å². The maximum atomic E-state index is 11.7. The molecular weight excluding hydrogens is 318 g/mol. The number of amides is 2. The number of anilines is 1. The van der Waals surface area contributed by atoms with Gasteiger partial charge in [-0.1, -0.05) is 43.3 Å². The van der Waals surface area contributed by atoms with Gasteiger partial charge in [0.05, 0.1) is 0 Å². The van der Waals surface area contributed by atoms with Gasteiger partial charge in [-0.2, -0.15) is 0 Å². The van der Waals surface area contributed by atoms with Crippen molar-refractivity contribution >= 4 is 17.7 Å². The topological polar surface area (TPSA) is 104 Å². The molecule has 2 rings (SSSR count). The maximum absolute atomic E-state index is 11.7. The summed E-state index contributed by atoms with van der Waals surface area (Å²) in [6.45, 7) is 2.62. The van der Waals surface area contributed by atoms with Gasteiger partial charge in [0.15, 0.2) is 0 Å². The van der Waals surface area contributed by atoms with Gasteiger partial charge in [0, 0.05) is 12.2 Å². The van der Waals surface area contributed by atoms with Crippen molar-refractivity contribution in [1.82, 2.24) is 5.32 Å². The van der Waals surface area contributed by atoms with E-state index in [0.717, 1.165) is 23.1 Å². The number of aliphatic carboxylic acids is 1.